The van der Waals surface area contributed by atoms with Crippen molar-refractivity contribution in [2.45, 2.75) is 26.5 Å². The Kier molecular flexibility index (Phi) is 3.68. The summed E-state index contributed by atoms with van der Waals surface area (Å²) >= 11 is 0. The van der Waals surface area contributed by atoms with Crippen molar-refractivity contribution in [2.75, 3.05) is 10.6 Å². The molecule has 2 aliphatic heterocycles. The van der Waals surface area contributed by atoms with E-state index < -0.39 is 0 Å². The second kappa shape index (κ2) is 6.23. The number of carbonyl (C=O) groups is 2. The Morgan fingerprint density at radius 2 is 2.07 bits per heavy atom. The van der Waals surface area contributed by atoms with E-state index in [2.05, 4.69) is 10.6 Å². The minimum absolute atomic E-state index is 0.0245. The van der Waals surface area contributed by atoms with Gasteiger partial charge in [-0.3, -0.25) is 14.3 Å². The van der Waals surface area contributed by atoms with Crippen LogP contribution in [0.2, 0.25) is 0 Å². The normalized spacial score (nSPS) is 14.2. The smallest absolute Gasteiger partial charge is 0.228 e. The van der Waals surface area contributed by atoms with E-state index in [4.69, 9.17) is 9.84 Å². The Morgan fingerprint density at radius 3 is 2.93 bits per heavy atom. The van der Waals surface area contributed by atoms with Crippen molar-refractivity contribution < 1.29 is 14.3 Å². The third-order valence-electron chi connectivity index (χ3n) is 4.97. The molecule has 0 atom stereocenters. The summed E-state index contributed by atoms with van der Waals surface area (Å²) in [5.41, 5.74) is 6.41. The highest BCUT2D eigenvalue weighted by molar-refractivity contribution is 5.99. The number of amides is 2. The Labute approximate surface area is 161 Å². The quantitative estimate of drug-likeness (QED) is 0.722. The maximum Gasteiger partial charge on any atom is 0.228 e. The third-order valence-corrected chi connectivity index (χ3v) is 4.97. The van der Waals surface area contributed by atoms with E-state index >= 15 is 0 Å². The molecule has 2 amide bonds. The monoisotopic (exact) mass is 374 g/mol. The van der Waals surface area contributed by atoms with Crippen molar-refractivity contribution in [3.63, 3.8) is 0 Å². The molecule has 5 rings (SSSR count). The summed E-state index contributed by atoms with van der Waals surface area (Å²) in [5.74, 6) is 0.661. The molecule has 7 nitrogen and oxygen atoms in total. The van der Waals surface area contributed by atoms with Gasteiger partial charge in [-0.25, -0.2) is 0 Å². The van der Waals surface area contributed by atoms with E-state index in [-0.39, 0.29) is 11.8 Å². The topological polar surface area (TPSA) is 85.2 Å². The number of rotatable bonds is 2. The molecule has 2 aromatic carbocycles. The molecule has 1 aromatic heterocycles. The predicted octanol–water partition coefficient (Wildman–Crippen LogP) is 2.94. The number of fused-ring (bicyclic) bond motifs is 3. The number of carbonyl (C=O) groups excluding carboxylic acids is 2. The molecule has 3 aromatic rings. The number of hydrogen-bond donors (Lipinski definition) is 2. The Hall–Kier alpha value is -3.61. The summed E-state index contributed by atoms with van der Waals surface area (Å²) in [4.78, 5) is 22.8. The maximum atomic E-state index is 11.6. The molecule has 28 heavy (non-hydrogen) atoms. The molecule has 0 fully saturated rings. The van der Waals surface area contributed by atoms with Gasteiger partial charge < -0.3 is 15.4 Å². The number of nitrogens with one attached hydrogen (secondary N) is 2. The van der Waals surface area contributed by atoms with E-state index in [1.54, 1.807) is 0 Å². The van der Waals surface area contributed by atoms with Crippen LogP contribution in [-0.4, -0.2) is 21.6 Å². The van der Waals surface area contributed by atoms with Gasteiger partial charge in [-0.05, 0) is 29.8 Å². The molecule has 2 N–H and O–H groups in total. The van der Waals surface area contributed by atoms with Crippen LogP contribution in [0.15, 0.2) is 42.5 Å². The number of anilines is 2. The molecule has 3 heterocycles. The van der Waals surface area contributed by atoms with Crippen molar-refractivity contribution in [1.82, 2.24) is 9.78 Å². The van der Waals surface area contributed by atoms with E-state index in [9.17, 15) is 9.59 Å². The highest BCUT2D eigenvalue weighted by Crippen LogP contribution is 2.32. The summed E-state index contributed by atoms with van der Waals surface area (Å²) in [6, 6.07) is 13.6. The van der Waals surface area contributed by atoms with Gasteiger partial charge in [0.2, 0.25) is 11.8 Å². The van der Waals surface area contributed by atoms with Crippen LogP contribution in [0.4, 0.5) is 11.4 Å². The maximum absolute atomic E-state index is 11.6. The average Bonchev–Trinajstić information content (AvgIpc) is 3.18. The van der Waals surface area contributed by atoms with Crippen molar-refractivity contribution >= 4 is 23.2 Å². The van der Waals surface area contributed by atoms with Crippen molar-refractivity contribution in [3.05, 3.63) is 59.3 Å². The van der Waals surface area contributed by atoms with Gasteiger partial charge >= 0.3 is 0 Å². The van der Waals surface area contributed by atoms with E-state index in [0.29, 0.717) is 25.3 Å². The second-order valence-corrected chi connectivity index (χ2v) is 7.07. The molecule has 0 spiro atoms. The summed E-state index contributed by atoms with van der Waals surface area (Å²) < 4.78 is 7.91. The zero-order valence-electron chi connectivity index (χ0n) is 15.3. The van der Waals surface area contributed by atoms with Crippen LogP contribution in [0.3, 0.4) is 0 Å². The van der Waals surface area contributed by atoms with Gasteiger partial charge in [-0.1, -0.05) is 12.1 Å². The number of aromatic nitrogens is 2. The Morgan fingerprint density at radius 1 is 1.18 bits per heavy atom. The number of nitrogens with zero attached hydrogens (tertiary/aromatic N) is 2. The fourth-order valence-electron chi connectivity index (χ4n) is 3.65. The molecule has 140 valence electrons. The lowest BCUT2D eigenvalue weighted by Gasteiger charge is -2.09. The highest BCUT2D eigenvalue weighted by Gasteiger charge is 2.21. The highest BCUT2D eigenvalue weighted by atomic mass is 16.5. The largest absolute Gasteiger partial charge is 0.487 e. The lowest BCUT2D eigenvalue weighted by atomic mass is 10.1. The summed E-state index contributed by atoms with van der Waals surface area (Å²) in [6.07, 6.45) is 0.407. The van der Waals surface area contributed by atoms with Crippen molar-refractivity contribution in [2.24, 2.45) is 0 Å². The van der Waals surface area contributed by atoms with E-state index in [0.717, 1.165) is 39.5 Å². The fourth-order valence-corrected chi connectivity index (χ4v) is 3.65. The average molecular weight is 374 g/mol. The predicted molar refractivity (Wildman–Crippen MR) is 104 cm³/mol. The summed E-state index contributed by atoms with van der Waals surface area (Å²) in [5, 5.41) is 10.4. The molecule has 0 unspecified atom stereocenters. The Balaban J connectivity index is 1.44. The van der Waals surface area contributed by atoms with Gasteiger partial charge in [0.15, 0.2) is 0 Å². The lowest BCUT2D eigenvalue weighted by Crippen LogP contribution is -2.06. The SMILES string of the molecule is CC(=O)Nc1ccc2c(c1)OCc1cc(-c3ccc4c(c3)CC(=O)N4)nn1C2. The molecule has 0 saturated carbocycles. The Bertz CT molecular complexity index is 1130. The molecule has 0 saturated heterocycles. The van der Waals surface area contributed by atoms with Crippen molar-refractivity contribution in [3.8, 4) is 17.0 Å². The first kappa shape index (κ1) is 16.6. The molecule has 0 bridgehead atoms. The zero-order valence-corrected chi connectivity index (χ0v) is 15.3. The van der Waals surface area contributed by atoms with Crippen LogP contribution in [0.25, 0.3) is 11.3 Å². The van der Waals surface area contributed by atoms with Crippen LogP contribution >= 0.6 is 0 Å². The zero-order chi connectivity index (χ0) is 19.3. The van der Waals surface area contributed by atoms with Gasteiger partial charge in [0.1, 0.15) is 12.4 Å². The molecule has 2 aliphatic rings. The minimum Gasteiger partial charge on any atom is -0.487 e. The van der Waals surface area contributed by atoms with Crippen LogP contribution in [-0.2, 0) is 29.2 Å². The third kappa shape index (κ3) is 2.90. The first-order valence-corrected chi connectivity index (χ1v) is 9.08. The van der Waals surface area contributed by atoms with Gasteiger partial charge in [0, 0.05) is 35.5 Å². The van der Waals surface area contributed by atoms with Crippen molar-refractivity contribution in [1.29, 1.82) is 0 Å². The molecular weight excluding hydrogens is 356 g/mol. The van der Waals surface area contributed by atoms with Crippen LogP contribution in [0.1, 0.15) is 23.7 Å². The van der Waals surface area contributed by atoms with Gasteiger partial charge in [0.25, 0.3) is 0 Å². The minimum atomic E-state index is -0.114. The van der Waals surface area contributed by atoms with E-state index in [1.807, 2.05) is 47.1 Å². The molecule has 7 heteroatoms. The first-order valence-electron chi connectivity index (χ1n) is 9.08. The van der Waals surface area contributed by atoms with Crippen LogP contribution < -0.4 is 15.4 Å². The summed E-state index contributed by atoms with van der Waals surface area (Å²) in [7, 11) is 0. The molecular formula is C21H18N4O3. The second-order valence-electron chi connectivity index (χ2n) is 7.07. The number of ether oxygens (including phenoxy) is 1. The number of hydrogen-bond acceptors (Lipinski definition) is 4. The first-order chi connectivity index (χ1) is 13.5. The van der Waals surface area contributed by atoms with Gasteiger partial charge in [-0.2, -0.15) is 5.10 Å². The summed E-state index contributed by atoms with van der Waals surface area (Å²) in [6.45, 7) is 2.47. The van der Waals surface area contributed by atoms with E-state index in [1.165, 1.54) is 6.92 Å². The molecule has 0 radical (unpaired) electrons. The van der Waals surface area contributed by atoms with Gasteiger partial charge in [0.05, 0.1) is 24.4 Å². The molecule has 0 aliphatic carbocycles. The van der Waals surface area contributed by atoms with Gasteiger partial charge in [-0.15, -0.1) is 0 Å². The standard InChI is InChI=1S/C21H18N4O3/c1-12(26)22-16-4-2-14-10-25-17(11-28-20(14)8-16)9-19(24-25)13-3-5-18-15(6-13)7-21(27)23-18/h2-6,8-9H,7,10-11H2,1H3,(H,22,26)(H,23,27). The number of benzene rings is 2. The van der Waals surface area contributed by atoms with Crippen LogP contribution in [0, 0.1) is 0 Å². The fraction of sp³-hybridized carbons (Fsp3) is 0.190. The lowest BCUT2D eigenvalue weighted by molar-refractivity contribution is -0.115. The van der Waals surface area contributed by atoms with Crippen LogP contribution in [0.5, 0.6) is 5.75 Å².